The summed E-state index contributed by atoms with van der Waals surface area (Å²) in [5.74, 6) is 0.833. The van der Waals surface area contributed by atoms with Crippen molar-refractivity contribution in [3.05, 3.63) is 67.3 Å². The summed E-state index contributed by atoms with van der Waals surface area (Å²) in [7, 11) is 1.68. The number of aromatic nitrogens is 2. The Hall–Kier alpha value is -2.68. The summed E-state index contributed by atoms with van der Waals surface area (Å²) in [5.41, 5.74) is 4.24. The molecule has 0 spiro atoms. The van der Waals surface area contributed by atoms with Crippen molar-refractivity contribution < 1.29 is 4.74 Å². The van der Waals surface area contributed by atoms with Crippen molar-refractivity contribution in [2.45, 2.75) is 0 Å². The fourth-order valence-corrected chi connectivity index (χ4v) is 2.16. The largest absolute Gasteiger partial charge is 0.496 e. The van der Waals surface area contributed by atoms with Crippen LogP contribution in [0.2, 0.25) is 0 Å². The first-order chi connectivity index (χ1) is 9.88. The van der Waals surface area contributed by atoms with Gasteiger partial charge < -0.3 is 4.74 Å². The van der Waals surface area contributed by atoms with Crippen LogP contribution in [0.3, 0.4) is 0 Å². The topological polar surface area (TPSA) is 35.0 Å². The van der Waals surface area contributed by atoms with E-state index in [9.17, 15) is 0 Å². The summed E-state index contributed by atoms with van der Waals surface area (Å²) in [5, 5.41) is 0. The van der Waals surface area contributed by atoms with Crippen molar-refractivity contribution >= 4 is 0 Å². The van der Waals surface area contributed by atoms with Gasteiger partial charge in [0.25, 0.3) is 0 Å². The van der Waals surface area contributed by atoms with Gasteiger partial charge in [-0.2, -0.15) is 0 Å². The SMILES string of the molecule is COc1cc(-c2cccnc2)ccc1-c1cccnc1. The number of nitrogens with zero attached hydrogens (tertiary/aromatic N) is 2. The lowest BCUT2D eigenvalue weighted by molar-refractivity contribution is 0.416. The molecule has 0 aliphatic carbocycles. The van der Waals surface area contributed by atoms with Crippen molar-refractivity contribution in [3.63, 3.8) is 0 Å². The fraction of sp³-hybridized carbons (Fsp3) is 0.0588. The van der Waals surface area contributed by atoms with E-state index in [1.54, 1.807) is 19.5 Å². The molecule has 3 nitrogen and oxygen atoms in total. The molecule has 0 saturated heterocycles. The van der Waals surface area contributed by atoms with Crippen molar-refractivity contribution in [2.24, 2.45) is 0 Å². The molecule has 0 bridgehead atoms. The van der Waals surface area contributed by atoms with Crippen LogP contribution in [0.5, 0.6) is 5.75 Å². The van der Waals surface area contributed by atoms with E-state index in [-0.39, 0.29) is 0 Å². The number of pyridine rings is 2. The van der Waals surface area contributed by atoms with Crippen LogP contribution in [0.4, 0.5) is 0 Å². The molecule has 98 valence electrons. The van der Waals surface area contributed by atoms with E-state index in [4.69, 9.17) is 4.74 Å². The lowest BCUT2D eigenvalue weighted by Crippen LogP contribution is -1.90. The Morgan fingerprint density at radius 1 is 0.800 bits per heavy atom. The van der Waals surface area contributed by atoms with Gasteiger partial charge in [0.15, 0.2) is 0 Å². The van der Waals surface area contributed by atoms with E-state index < -0.39 is 0 Å². The predicted octanol–water partition coefficient (Wildman–Crippen LogP) is 3.82. The van der Waals surface area contributed by atoms with Crippen LogP contribution in [0.1, 0.15) is 0 Å². The van der Waals surface area contributed by atoms with Gasteiger partial charge in [0.1, 0.15) is 5.75 Å². The summed E-state index contributed by atoms with van der Waals surface area (Å²) in [6.45, 7) is 0. The summed E-state index contributed by atoms with van der Waals surface area (Å²) in [6.07, 6.45) is 7.21. The molecule has 0 aliphatic rings. The zero-order valence-electron chi connectivity index (χ0n) is 11.2. The molecule has 3 aromatic rings. The molecule has 0 N–H and O–H groups in total. The maximum atomic E-state index is 5.51. The van der Waals surface area contributed by atoms with Crippen LogP contribution in [0.15, 0.2) is 67.3 Å². The van der Waals surface area contributed by atoms with Crippen LogP contribution in [0, 0.1) is 0 Å². The Bertz CT molecular complexity index is 697. The average Bonchev–Trinajstić information content (AvgIpc) is 2.56. The van der Waals surface area contributed by atoms with Crippen LogP contribution >= 0.6 is 0 Å². The van der Waals surface area contributed by atoms with E-state index in [1.807, 2.05) is 42.7 Å². The minimum Gasteiger partial charge on any atom is -0.496 e. The van der Waals surface area contributed by atoms with Gasteiger partial charge in [-0.25, -0.2) is 0 Å². The first kappa shape index (κ1) is 12.4. The Morgan fingerprint density at radius 3 is 2.10 bits per heavy atom. The Kier molecular flexibility index (Phi) is 3.42. The lowest BCUT2D eigenvalue weighted by atomic mass is 10.0. The summed E-state index contributed by atoms with van der Waals surface area (Å²) < 4.78 is 5.51. The van der Waals surface area contributed by atoms with Crippen LogP contribution in [-0.2, 0) is 0 Å². The second-order valence-electron chi connectivity index (χ2n) is 4.40. The Morgan fingerprint density at radius 2 is 1.50 bits per heavy atom. The zero-order chi connectivity index (χ0) is 13.8. The third kappa shape index (κ3) is 2.38. The minimum absolute atomic E-state index is 0.833. The lowest BCUT2D eigenvalue weighted by Gasteiger charge is -2.10. The van der Waals surface area contributed by atoms with E-state index in [1.165, 1.54) is 0 Å². The standard InChI is InChI=1S/C17H14N2O/c1-20-17-10-13(14-4-2-8-18-11-14)6-7-16(17)15-5-3-9-19-12-15/h2-12H,1H3. The molecule has 2 heterocycles. The van der Waals surface area contributed by atoms with Gasteiger partial charge in [-0.05, 0) is 29.8 Å². The minimum atomic E-state index is 0.833. The van der Waals surface area contributed by atoms with Crippen molar-refractivity contribution in [1.29, 1.82) is 0 Å². The summed E-state index contributed by atoms with van der Waals surface area (Å²) in [6, 6.07) is 14.1. The monoisotopic (exact) mass is 262 g/mol. The van der Waals surface area contributed by atoms with Crippen LogP contribution in [-0.4, -0.2) is 17.1 Å². The van der Waals surface area contributed by atoms with Gasteiger partial charge in [-0.3, -0.25) is 9.97 Å². The maximum absolute atomic E-state index is 5.51. The molecule has 0 fully saturated rings. The molecule has 3 rings (SSSR count). The molecule has 0 aliphatic heterocycles. The highest BCUT2D eigenvalue weighted by atomic mass is 16.5. The number of methoxy groups -OCH3 is 1. The predicted molar refractivity (Wildman–Crippen MR) is 79.5 cm³/mol. The number of rotatable bonds is 3. The van der Waals surface area contributed by atoms with Gasteiger partial charge in [-0.15, -0.1) is 0 Å². The zero-order valence-corrected chi connectivity index (χ0v) is 11.2. The van der Waals surface area contributed by atoms with E-state index in [0.29, 0.717) is 0 Å². The first-order valence-corrected chi connectivity index (χ1v) is 6.37. The Balaban J connectivity index is 2.07. The van der Waals surface area contributed by atoms with Crippen molar-refractivity contribution in [3.8, 4) is 28.0 Å². The van der Waals surface area contributed by atoms with Gasteiger partial charge >= 0.3 is 0 Å². The molecule has 0 radical (unpaired) electrons. The normalized spacial score (nSPS) is 10.2. The molecular formula is C17H14N2O. The second-order valence-corrected chi connectivity index (χ2v) is 4.40. The molecule has 0 atom stereocenters. The number of hydrogen-bond donors (Lipinski definition) is 0. The number of ether oxygens (including phenoxy) is 1. The van der Waals surface area contributed by atoms with Gasteiger partial charge in [0.05, 0.1) is 7.11 Å². The molecule has 0 amide bonds. The van der Waals surface area contributed by atoms with E-state index >= 15 is 0 Å². The third-order valence-electron chi connectivity index (χ3n) is 3.17. The van der Waals surface area contributed by atoms with E-state index in [0.717, 1.165) is 28.0 Å². The van der Waals surface area contributed by atoms with Crippen LogP contribution < -0.4 is 4.74 Å². The van der Waals surface area contributed by atoms with Crippen molar-refractivity contribution in [1.82, 2.24) is 9.97 Å². The van der Waals surface area contributed by atoms with Crippen LogP contribution in [0.25, 0.3) is 22.3 Å². The average molecular weight is 262 g/mol. The number of hydrogen-bond acceptors (Lipinski definition) is 3. The maximum Gasteiger partial charge on any atom is 0.127 e. The molecule has 2 aromatic heterocycles. The first-order valence-electron chi connectivity index (χ1n) is 6.37. The molecule has 0 unspecified atom stereocenters. The van der Waals surface area contributed by atoms with Gasteiger partial charge in [0.2, 0.25) is 0 Å². The molecule has 1 aromatic carbocycles. The van der Waals surface area contributed by atoms with E-state index in [2.05, 4.69) is 22.1 Å². The highest BCUT2D eigenvalue weighted by molar-refractivity contribution is 5.75. The second kappa shape index (κ2) is 5.53. The molecule has 0 saturated carbocycles. The van der Waals surface area contributed by atoms with Gasteiger partial charge in [0, 0.05) is 41.5 Å². The fourth-order valence-electron chi connectivity index (χ4n) is 2.16. The summed E-state index contributed by atoms with van der Waals surface area (Å²) >= 11 is 0. The van der Waals surface area contributed by atoms with Crippen molar-refractivity contribution in [2.75, 3.05) is 7.11 Å². The summed E-state index contributed by atoms with van der Waals surface area (Å²) in [4.78, 5) is 8.30. The highest BCUT2D eigenvalue weighted by Crippen LogP contribution is 2.33. The third-order valence-corrected chi connectivity index (χ3v) is 3.17. The smallest absolute Gasteiger partial charge is 0.127 e. The number of benzene rings is 1. The quantitative estimate of drug-likeness (QED) is 0.719. The molecular weight excluding hydrogens is 248 g/mol. The van der Waals surface area contributed by atoms with Gasteiger partial charge in [-0.1, -0.05) is 18.2 Å². The Labute approximate surface area is 117 Å². The molecule has 3 heteroatoms. The highest BCUT2D eigenvalue weighted by Gasteiger charge is 2.08. The molecule has 20 heavy (non-hydrogen) atoms.